The molecule has 2 fully saturated rings. The van der Waals surface area contributed by atoms with Crippen LogP contribution in [0.1, 0.15) is 49.4 Å². The monoisotopic (exact) mass is 591 g/mol. The minimum Gasteiger partial charge on any atom is -0.380 e. The number of amides is 2. The third kappa shape index (κ3) is 5.87. The number of pyridine rings is 1. The molecular formula is C32H33N9O3. The predicted octanol–water partition coefficient (Wildman–Crippen LogP) is 2.75. The second kappa shape index (κ2) is 11.9. The fourth-order valence-electron chi connectivity index (χ4n) is 5.86. The lowest BCUT2D eigenvalue weighted by Crippen LogP contribution is -2.59. The third-order valence-corrected chi connectivity index (χ3v) is 8.37. The number of nitrogens with one attached hydrogen (secondary N) is 2. The standard InChI is InChI=1S/C32H33N9O3/c1-32(2)20-39(27-12-10-23(16-33)18-35-27)14-15-40(32)19-22-8-6-21(7-9-22)17-34-24-4-3-5-25-29(24)31(44)41(38-37-25)26-11-13-28(42)36-30(26)43/h3-10,12,18,26,34H,11,13-15,17,19-20H2,1-2H3,(H,36,42,43). The number of hydrogen-bond acceptors (Lipinski definition) is 10. The van der Waals surface area contributed by atoms with Crippen molar-refractivity contribution in [2.45, 2.75) is 51.4 Å². The molecule has 12 nitrogen and oxygen atoms in total. The fraction of sp³-hybridized carbons (Fsp3) is 0.344. The van der Waals surface area contributed by atoms with Crippen molar-refractivity contribution >= 4 is 34.2 Å². The number of rotatable bonds is 7. The lowest BCUT2D eigenvalue weighted by Gasteiger charge is -2.47. The van der Waals surface area contributed by atoms with Crippen molar-refractivity contribution in [2.75, 3.05) is 29.9 Å². The number of nitriles is 1. The molecule has 2 aromatic carbocycles. The van der Waals surface area contributed by atoms with Crippen LogP contribution in [0.25, 0.3) is 10.9 Å². The first-order chi connectivity index (χ1) is 21.2. The number of imide groups is 1. The number of benzene rings is 2. The number of carbonyl (C=O) groups is 2. The first-order valence-corrected chi connectivity index (χ1v) is 14.6. The number of anilines is 2. The third-order valence-electron chi connectivity index (χ3n) is 8.37. The second-order valence-electron chi connectivity index (χ2n) is 11.8. The van der Waals surface area contributed by atoms with Crippen molar-refractivity contribution in [1.82, 2.24) is 30.2 Å². The molecule has 1 atom stereocenters. The summed E-state index contributed by atoms with van der Waals surface area (Å²) in [4.78, 5) is 46.6. The van der Waals surface area contributed by atoms with Gasteiger partial charge in [-0.2, -0.15) is 9.94 Å². The van der Waals surface area contributed by atoms with Gasteiger partial charge in [0.15, 0.2) is 0 Å². The molecule has 4 heterocycles. The predicted molar refractivity (Wildman–Crippen MR) is 165 cm³/mol. The van der Waals surface area contributed by atoms with Gasteiger partial charge in [0.1, 0.15) is 23.4 Å². The number of carbonyl (C=O) groups excluding carboxylic acids is 2. The van der Waals surface area contributed by atoms with E-state index in [2.05, 4.69) is 79.9 Å². The number of nitrogens with zero attached hydrogens (tertiary/aromatic N) is 7. The largest absolute Gasteiger partial charge is 0.380 e. The van der Waals surface area contributed by atoms with Crippen LogP contribution >= 0.6 is 0 Å². The summed E-state index contributed by atoms with van der Waals surface area (Å²) in [7, 11) is 0. The number of piperidine rings is 1. The van der Waals surface area contributed by atoms with Gasteiger partial charge in [-0.1, -0.05) is 35.5 Å². The zero-order chi connectivity index (χ0) is 30.8. The number of aromatic nitrogens is 4. The summed E-state index contributed by atoms with van der Waals surface area (Å²) in [6.07, 6.45) is 1.97. The molecule has 2 N–H and O–H groups in total. The molecule has 0 bridgehead atoms. The maximum Gasteiger partial charge on any atom is 0.280 e. The quantitative estimate of drug-likeness (QED) is 0.307. The highest BCUT2D eigenvalue weighted by atomic mass is 16.2. The van der Waals surface area contributed by atoms with Gasteiger partial charge in [0.05, 0.1) is 10.9 Å². The molecule has 2 aliphatic rings. The zero-order valence-corrected chi connectivity index (χ0v) is 24.7. The van der Waals surface area contributed by atoms with Gasteiger partial charge in [-0.05, 0) is 55.7 Å². The minimum atomic E-state index is -0.877. The van der Waals surface area contributed by atoms with Crippen LogP contribution in [-0.2, 0) is 22.7 Å². The molecule has 0 aliphatic carbocycles. The van der Waals surface area contributed by atoms with E-state index in [1.54, 1.807) is 18.3 Å². The summed E-state index contributed by atoms with van der Waals surface area (Å²) in [6, 6.07) is 18.7. The molecule has 4 aromatic rings. The molecule has 0 spiro atoms. The van der Waals surface area contributed by atoms with E-state index in [-0.39, 0.29) is 24.3 Å². The molecule has 6 rings (SSSR count). The van der Waals surface area contributed by atoms with Crippen LogP contribution in [0.2, 0.25) is 0 Å². The van der Waals surface area contributed by atoms with Crippen LogP contribution in [-0.4, -0.2) is 61.9 Å². The Morgan fingerprint density at radius 3 is 2.55 bits per heavy atom. The molecule has 12 heteroatoms. The van der Waals surface area contributed by atoms with Gasteiger partial charge < -0.3 is 10.2 Å². The highest BCUT2D eigenvalue weighted by Gasteiger charge is 2.34. The summed E-state index contributed by atoms with van der Waals surface area (Å²) >= 11 is 0. The average Bonchev–Trinajstić information content (AvgIpc) is 3.02. The van der Waals surface area contributed by atoms with Crippen LogP contribution in [0.4, 0.5) is 11.5 Å². The van der Waals surface area contributed by atoms with Crippen molar-refractivity contribution < 1.29 is 9.59 Å². The van der Waals surface area contributed by atoms with Gasteiger partial charge in [-0.3, -0.25) is 24.6 Å². The number of piperazine rings is 1. The van der Waals surface area contributed by atoms with E-state index in [1.165, 1.54) is 5.56 Å². The van der Waals surface area contributed by atoms with Crippen molar-refractivity contribution in [3.8, 4) is 6.07 Å². The van der Waals surface area contributed by atoms with E-state index >= 15 is 0 Å². The normalized spacial score (nSPS) is 18.6. The number of fused-ring (bicyclic) bond motifs is 1. The first kappa shape index (κ1) is 28.9. The van der Waals surface area contributed by atoms with Gasteiger partial charge in [0.2, 0.25) is 5.91 Å². The topological polar surface area (TPSA) is 149 Å². The zero-order valence-electron chi connectivity index (χ0n) is 24.7. The lowest BCUT2D eigenvalue weighted by atomic mass is 9.97. The molecule has 2 saturated heterocycles. The van der Waals surface area contributed by atoms with Gasteiger partial charge in [0, 0.05) is 56.6 Å². The Balaban J connectivity index is 1.11. The summed E-state index contributed by atoms with van der Waals surface area (Å²) < 4.78 is 1.08. The highest BCUT2D eigenvalue weighted by Crippen LogP contribution is 2.27. The highest BCUT2D eigenvalue weighted by molar-refractivity contribution is 5.99. The molecule has 2 aliphatic heterocycles. The van der Waals surface area contributed by atoms with Crippen molar-refractivity contribution in [2.24, 2.45) is 0 Å². The molecule has 0 saturated carbocycles. The smallest absolute Gasteiger partial charge is 0.280 e. The Hall–Kier alpha value is -5.15. The maximum atomic E-state index is 13.4. The SMILES string of the molecule is CC1(C)CN(c2ccc(C#N)cn2)CCN1Cc1ccc(CNc2cccc3nnn(C4CCC(=O)NC4=O)c(=O)c23)cc1. The van der Waals surface area contributed by atoms with Crippen LogP contribution in [0, 0.1) is 11.3 Å². The molecule has 1 unspecified atom stereocenters. The van der Waals surface area contributed by atoms with Crippen LogP contribution < -0.4 is 21.1 Å². The summed E-state index contributed by atoms with van der Waals surface area (Å²) in [5.41, 5.74) is 3.34. The molecule has 2 aromatic heterocycles. The van der Waals surface area contributed by atoms with E-state index in [1.807, 2.05) is 18.2 Å². The fourth-order valence-corrected chi connectivity index (χ4v) is 5.86. The van der Waals surface area contributed by atoms with Gasteiger partial charge in [-0.15, -0.1) is 5.10 Å². The molecule has 44 heavy (non-hydrogen) atoms. The van der Waals surface area contributed by atoms with Crippen molar-refractivity contribution in [3.05, 3.63) is 87.8 Å². The Morgan fingerprint density at radius 2 is 1.84 bits per heavy atom. The molecule has 224 valence electrons. The van der Waals surface area contributed by atoms with Crippen LogP contribution in [0.3, 0.4) is 0 Å². The Labute approximate surface area is 254 Å². The summed E-state index contributed by atoms with van der Waals surface area (Å²) in [5.74, 6) is -0.0113. The molecule has 0 radical (unpaired) electrons. The molecule has 2 amide bonds. The Kier molecular flexibility index (Phi) is 7.80. The summed E-state index contributed by atoms with van der Waals surface area (Å²) in [5, 5.41) is 23.2. The van der Waals surface area contributed by atoms with E-state index in [0.29, 0.717) is 28.7 Å². The van der Waals surface area contributed by atoms with E-state index in [4.69, 9.17) is 5.26 Å². The Morgan fingerprint density at radius 1 is 1.05 bits per heavy atom. The summed E-state index contributed by atoms with van der Waals surface area (Å²) in [6.45, 7) is 8.35. The van der Waals surface area contributed by atoms with Crippen molar-refractivity contribution in [3.63, 3.8) is 0 Å². The Bertz CT molecular complexity index is 1810. The van der Waals surface area contributed by atoms with Crippen LogP contribution in [0.5, 0.6) is 0 Å². The lowest BCUT2D eigenvalue weighted by molar-refractivity contribution is -0.136. The maximum absolute atomic E-state index is 13.4. The van der Waals surface area contributed by atoms with E-state index in [9.17, 15) is 14.4 Å². The van der Waals surface area contributed by atoms with E-state index < -0.39 is 17.5 Å². The van der Waals surface area contributed by atoms with E-state index in [0.717, 1.165) is 42.2 Å². The first-order valence-electron chi connectivity index (χ1n) is 14.6. The second-order valence-corrected chi connectivity index (χ2v) is 11.8. The number of hydrogen-bond donors (Lipinski definition) is 2. The molecular weight excluding hydrogens is 558 g/mol. The van der Waals surface area contributed by atoms with Crippen molar-refractivity contribution in [1.29, 1.82) is 5.26 Å². The minimum absolute atomic E-state index is 0.0773. The average molecular weight is 592 g/mol. The van der Waals surface area contributed by atoms with Crippen LogP contribution in [0.15, 0.2) is 65.6 Å². The van der Waals surface area contributed by atoms with Gasteiger partial charge >= 0.3 is 0 Å². The van der Waals surface area contributed by atoms with Gasteiger partial charge in [-0.25, -0.2) is 4.98 Å². The van der Waals surface area contributed by atoms with Gasteiger partial charge in [0.25, 0.3) is 11.5 Å².